The van der Waals surface area contributed by atoms with E-state index in [2.05, 4.69) is 15.5 Å². The molecule has 0 bridgehead atoms. The van der Waals surface area contributed by atoms with Crippen LogP contribution < -0.4 is 14.8 Å². The predicted octanol–water partition coefficient (Wildman–Crippen LogP) is 2.57. The van der Waals surface area contributed by atoms with Crippen molar-refractivity contribution in [3.8, 4) is 23.3 Å². The lowest BCUT2D eigenvalue weighted by atomic mass is 10.0. The fourth-order valence-electron chi connectivity index (χ4n) is 3.81. The molecule has 3 N–H and O–H groups in total. The van der Waals surface area contributed by atoms with Gasteiger partial charge in [-0.3, -0.25) is 19.6 Å². The van der Waals surface area contributed by atoms with Gasteiger partial charge in [0.15, 0.2) is 18.7 Å². The third kappa shape index (κ3) is 6.41. The van der Waals surface area contributed by atoms with Crippen LogP contribution >= 0.6 is 0 Å². The molecule has 1 aromatic carbocycles. The number of benzene rings is 1. The first kappa shape index (κ1) is 25.4. The zero-order valence-electron chi connectivity index (χ0n) is 19.4. The first-order chi connectivity index (χ1) is 16.9. The Morgan fingerprint density at radius 3 is 2.86 bits per heavy atom. The van der Waals surface area contributed by atoms with Crippen LogP contribution in [0.15, 0.2) is 18.2 Å². The van der Waals surface area contributed by atoms with E-state index in [-0.39, 0.29) is 41.4 Å². The summed E-state index contributed by atoms with van der Waals surface area (Å²) in [6.45, 7) is 1.73. The summed E-state index contributed by atoms with van der Waals surface area (Å²) in [6.07, 6.45) is 1.72. The number of hydrogen-bond donors (Lipinski definition) is 3. The third-order valence-electron chi connectivity index (χ3n) is 5.66. The van der Waals surface area contributed by atoms with Gasteiger partial charge in [-0.05, 0) is 26.2 Å². The van der Waals surface area contributed by atoms with Gasteiger partial charge >= 0.3 is 6.09 Å². The third-order valence-corrected chi connectivity index (χ3v) is 5.66. The number of phenols is 1. The summed E-state index contributed by atoms with van der Waals surface area (Å²) >= 11 is 0. The maximum Gasteiger partial charge on any atom is 0.410 e. The molecule has 1 aromatic heterocycles. The molecule has 12 nitrogen and oxygen atoms in total. The smallest absolute Gasteiger partial charge is 0.410 e. The van der Waals surface area contributed by atoms with Crippen molar-refractivity contribution in [2.75, 3.05) is 32.1 Å². The van der Waals surface area contributed by atoms with Gasteiger partial charge in [0.25, 0.3) is 5.91 Å². The van der Waals surface area contributed by atoms with Gasteiger partial charge in [0, 0.05) is 36.4 Å². The number of ether oxygens (including phenoxy) is 3. The van der Waals surface area contributed by atoms with Crippen molar-refractivity contribution in [2.24, 2.45) is 0 Å². The number of carbonyl (C=O) groups is 3. The predicted molar refractivity (Wildman–Crippen MR) is 122 cm³/mol. The highest BCUT2D eigenvalue weighted by molar-refractivity contribution is 5.91. The molecule has 186 valence electrons. The Morgan fingerprint density at radius 2 is 2.17 bits per heavy atom. The SMILES string of the molecule is CCN(CC#N)C(=O)O[C@@H]1CC[C@H](c2cc(NC(=O)COc3cc(OC)cc(O)c3C=O)n[nH]2)C1. The van der Waals surface area contributed by atoms with Crippen LogP contribution in [0.2, 0.25) is 0 Å². The van der Waals surface area contributed by atoms with Crippen molar-refractivity contribution in [3.05, 3.63) is 29.5 Å². The summed E-state index contributed by atoms with van der Waals surface area (Å²) in [5.41, 5.74) is 0.705. The van der Waals surface area contributed by atoms with E-state index in [1.165, 1.54) is 24.1 Å². The molecule has 2 amide bonds. The normalized spacial score (nSPS) is 16.7. The van der Waals surface area contributed by atoms with Crippen LogP contribution in [0.5, 0.6) is 17.2 Å². The fraction of sp³-hybridized carbons (Fsp3) is 0.435. The Labute approximate surface area is 201 Å². The number of aromatic hydroxyl groups is 1. The molecule has 0 saturated heterocycles. The van der Waals surface area contributed by atoms with Crippen molar-refractivity contribution >= 4 is 24.1 Å². The quantitative estimate of drug-likeness (QED) is 0.338. The minimum atomic E-state index is -0.516. The fourth-order valence-corrected chi connectivity index (χ4v) is 3.81. The van der Waals surface area contributed by atoms with Gasteiger partial charge < -0.3 is 24.6 Å². The van der Waals surface area contributed by atoms with E-state index in [0.29, 0.717) is 31.5 Å². The largest absolute Gasteiger partial charge is 0.507 e. The first-order valence-electron chi connectivity index (χ1n) is 11.0. The van der Waals surface area contributed by atoms with E-state index in [4.69, 9.17) is 19.5 Å². The van der Waals surface area contributed by atoms with Crippen LogP contribution in [0.4, 0.5) is 10.6 Å². The Bertz CT molecular complexity index is 1110. The maximum atomic E-state index is 12.3. The second-order valence-electron chi connectivity index (χ2n) is 7.91. The second-order valence-corrected chi connectivity index (χ2v) is 7.91. The molecular formula is C23H27N5O7. The van der Waals surface area contributed by atoms with E-state index >= 15 is 0 Å². The minimum absolute atomic E-state index is 0.0117. The monoisotopic (exact) mass is 485 g/mol. The maximum absolute atomic E-state index is 12.3. The van der Waals surface area contributed by atoms with Crippen LogP contribution in [0.1, 0.15) is 48.2 Å². The zero-order chi connectivity index (χ0) is 25.4. The lowest BCUT2D eigenvalue weighted by molar-refractivity contribution is -0.118. The number of aromatic amines is 1. The van der Waals surface area contributed by atoms with Crippen LogP contribution in [0.25, 0.3) is 0 Å². The molecule has 1 saturated carbocycles. The standard InChI is InChI=1S/C23H27N5O7/c1-3-28(7-6-24)23(32)35-15-5-4-14(8-15)18-11-21(27-26-18)25-22(31)13-34-20-10-16(33-2)9-19(30)17(20)12-29/h9-12,14-15,30H,3-5,7-8,13H2,1-2H3,(H2,25,26,27,31)/t14-,15+/m0/s1. The number of methoxy groups -OCH3 is 1. The van der Waals surface area contributed by atoms with Crippen LogP contribution in [0.3, 0.4) is 0 Å². The molecule has 1 heterocycles. The lowest BCUT2D eigenvalue weighted by Gasteiger charge is -2.20. The number of nitriles is 1. The van der Waals surface area contributed by atoms with Crippen molar-refractivity contribution in [1.29, 1.82) is 5.26 Å². The van der Waals surface area contributed by atoms with Crippen LogP contribution in [-0.2, 0) is 9.53 Å². The van der Waals surface area contributed by atoms with Crippen molar-refractivity contribution in [1.82, 2.24) is 15.1 Å². The Hall–Kier alpha value is -4.27. The number of aromatic nitrogens is 2. The summed E-state index contributed by atoms with van der Waals surface area (Å²) in [5.74, 6) is -0.184. The Kier molecular flexibility index (Phi) is 8.50. The Balaban J connectivity index is 1.52. The van der Waals surface area contributed by atoms with Crippen LogP contribution in [-0.4, -0.2) is 71.4 Å². The van der Waals surface area contributed by atoms with Crippen LogP contribution in [0, 0.1) is 11.3 Å². The van der Waals surface area contributed by atoms with Gasteiger partial charge in [0.1, 0.15) is 29.9 Å². The first-order valence-corrected chi connectivity index (χ1v) is 11.0. The highest BCUT2D eigenvalue weighted by atomic mass is 16.6. The summed E-state index contributed by atoms with van der Waals surface area (Å²) < 4.78 is 15.9. The van der Waals surface area contributed by atoms with E-state index < -0.39 is 18.6 Å². The minimum Gasteiger partial charge on any atom is -0.507 e. The van der Waals surface area contributed by atoms with E-state index in [1.807, 2.05) is 6.07 Å². The summed E-state index contributed by atoms with van der Waals surface area (Å²) in [5, 5.41) is 28.3. The van der Waals surface area contributed by atoms with Gasteiger partial charge in [-0.2, -0.15) is 10.4 Å². The second kappa shape index (κ2) is 11.7. The van der Waals surface area contributed by atoms with Crippen molar-refractivity contribution in [2.45, 2.75) is 38.2 Å². The highest BCUT2D eigenvalue weighted by Crippen LogP contribution is 2.36. The topological polar surface area (TPSA) is 167 Å². The van der Waals surface area contributed by atoms with Gasteiger partial charge in [-0.15, -0.1) is 0 Å². The van der Waals surface area contributed by atoms with Gasteiger partial charge in [0.05, 0.1) is 18.7 Å². The number of phenolic OH excluding ortho intramolecular Hbond substituents is 1. The molecule has 0 aliphatic heterocycles. The molecule has 1 fully saturated rings. The molecule has 3 rings (SSSR count). The molecule has 1 aliphatic rings. The number of aldehydes is 1. The van der Waals surface area contributed by atoms with E-state index in [0.717, 1.165) is 12.1 Å². The molecule has 0 unspecified atom stereocenters. The number of H-pyrrole nitrogens is 1. The summed E-state index contributed by atoms with van der Waals surface area (Å²) in [6, 6.07) is 6.31. The number of nitrogens with one attached hydrogen (secondary N) is 2. The van der Waals surface area contributed by atoms with Gasteiger partial charge in [0.2, 0.25) is 0 Å². The van der Waals surface area contributed by atoms with Gasteiger partial charge in [-0.1, -0.05) is 0 Å². The average molecular weight is 485 g/mol. The Morgan fingerprint density at radius 1 is 1.37 bits per heavy atom. The molecule has 2 aromatic rings. The highest BCUT2D eigenvalue weighted by Gasteiger charge is 2.31. The molecule has 0 spiro atoms. The molecule has 0 radical (unpaired) electrons. The number of rotatable bonds is 10. The zero-order valence-corrected chi connectivity index (χ0v) is 19.4. The van der Waals surface area contributed by atoms with E-state index in [1.54, 1.807) is 13.0 Å². The number of amides is 2. The number of nitrogens with zero attached hydrogens (tertiary/aromatic N) is 3. The molecule has 35 heavy (non-hydrogen) atoms. The molecule has 2 atom stereocenters. The molecular weight excluding hydrogens is 458 g/mol. The van der Waals surface area contributed by atoms with Crippen molar-refractivity contribution < 1.29 is 33.7 Å². The lowest BCUT2D eigenvalue weighted by Crippen LogP contribution is -2.34. The average Bonchev–Trinajstić information content (AvgIpc) is 3.50. The van der Waals surface area contributed by atoms with Crippen molar-refractivity contribution in [3.63, 3.8) is 0 Å². The summed E-state index contributed by atoms with van der Waals surface area (Å²) in [4.78, 5) is 37.1. The number of anilines is 1. The number of carbonyl (C=O) groups excluding carboxylic acids is 3. The molecule has 12 heteroatoms. The summed E-state index contributed by atoms with van der Waals surface area (Å²) in [7, 11) is 1.40. The van der Waals surface area contributed by atoms with Gasteiger partial charge in [-0.25, -0.2) is 4.79 Å². The number of hydrogen-bond acceptors (Lipinski definition) is 9. The molecule has 1 aliphatic carbocycles. The van der Waals surface area contributed by atoms with E-state index in [9.17, 15) is 19.5 Å².